The largest absolute Gasteiger partial charge is 0.511 e. The van der Waals surface area contributed by atoms with Crippen LogP contribution in [0.15, 0.2) is 34.9 Å². The van der Waals surface area contributed by atoms with Gasteiger partial charge in [0.05, 0.1) is 12.0 Å². The van der Waals surface area contributed by atoms with Crippen molar-refractivity contribution >= 4 is 27.4 Å². The normalized spacial score (nSPS) is 11.9. The minimum Gasteiger partial charge on any atom is -0.511 e. The second-order valence-corrected chi connectivity index (χ2v) is 5.97. The summed E-state index contributed by atoms with van der Waals surface area (Å²) in [4.78, 5) is 11.7. The topological polar surface area (TPSA) is 46.5 Å². The maximum Gasteiger partial charge on any atom is 0.170 e. The molecule has 0 radical (unpaired) electrons. The number of hydrogen-bond acceptors (Lipinski definition) is 5. The molecule has 0 aliphatic carbocycles. The lowest BCUT2D eigenvalue weighted by atomic mass is 10.2. The molecule has 0 fully saturated rings. The van der Waals surface area contributed by atoms with E-state index in [4.69, 9.17) is 4.74 Å². The molecular formula is C13H16O3S2. The molecule has 98 valence electrons. The van der Waals surface area contributed by atoms with Crippen molar-refractivity contribution in [1.29, 1.82) is 0 Å². The van der Waals surface area contributed by atoms with E-state index in [1.807, 2.05) is 24.3 Å². The maximum absolute atomic E-state index is 11.2. The highest BCUT2D eigenvalue weighted by Crippen LogP contribution is 2.34. The van der Waals surface area contributed by atoms with Crippen LogP contribution in [0.25, 0.3) is 0 Å². The Morgan fingerprint density at radius 3 is 2.33 bits per heavy atom. The van der Waals surface area contributed by atoms with E-state index in [1.54, 1.807) is 7.11 Å². The summed E-state index contributed by atoms with van der Waals surface area (Å²) in [6.07, 6.45) is 0. The van der Waals surface area contributed by atoms with Crippen LogP contribution in [0.5, 0.6) is 5.75 Å². The molecule has 0 saturated carbocycles. The molecule has 0 unspecified atom stereocenters. The number of ether oxygens (including phenoxy) is 1. The van der Waals surface area contributed by atoms with Crippen molar-refractivity contribution in [3.05, 3.63) is 40.5 Å². The summed E-state index contributed by atoms with van der Waals surface area (Å²) in [5, 5.41) is 9.36. The summed E-state index contributed by atoms with van der Waals surface area (Å²) in [5.41, 5.74) is 1.15. The van der Waals surface area contributed by atoms with Gasteiger partial charge in [-0.15, -0.1) is 0 Å². The van der Waals surface area contributed by atoms with E-state index < -0.39 is 0 Å². The first-order chi connectivity index (χ1) is 8.54. The molecule has 0 saturated heterocycles. The lowest BCUT2D eigenvalue weighted by molar-refractivity contribution is -0.113. The van der Waals surface area contributed by atoms with E-state index in [9.17, 15) is 9.90 Å². The Kier molecular flexibility index (Phi) is 6.15. The number of aliphatic hydroxyl groups excluding tert-OH is 1. The van der Waals surface area contributed by atoms with Gasteiger partial charge in [0.15, 0.2) is 5.78 Å². The molecule has 0 bridgehead atoms. The highest BCUT2D eigenvalue weighted by atomic mass is 33.1. The first kappa shape index (κ1) is 15.0. The molecule has 5 heteroatoms. The molecule has 0 aromatic heterocycles. The van der Waals surface area contributed by atoms with E-state index in [1.165, 1.54) is 35.4 Å². The van der Waals surface area contributed by atoms with Crippen LogP contribution in [0.4, 0.5) is 0 Å². The lowest BCUT2D eigenvalue weighted by Gasteiger charge is -2.05. The van der Waals surface area contributed by atoms with Gasteiger partial charge >= 0.3 is 0 Å². The molecule has 0 atom stereocenters. The molecule has 3 nitrogen and oxygen atoms in total. The van der Waals surface area contributed by atoms with Gasteiger partial charge in [0, 0.05) is 5.75 Å². The van der Waals surface area contributed by atoms with Crippen molar-refractivity contribution in [2.45, 2.75) is 19.6 Å². The van der Waals surface area contributed by atoms with Crippen LogP contribution in [0.3, 0.4) is 0 Å². The second kappa shape index (κ2) is 7.38. The minimum absolute atomic E-state index is 0.0785. The number of Topliss-reactive ketones (excluding diaryl/α,β-unsaturated/α-hetero) is 1. The van der Waals surface area contributed by atoms with Crippen LogP contribution in [-0.4, -0.2) is 18.0 Å². The zero-order valence-corrected chi connectivity index (χ0v) is 12.2. The van der Waals surface area contributed by atoms with E-state index in [0.717, 1.165) is 17.1 Å². The van der Waals surface area contributed by atoms with Gasteiger partial charge in [-0.05, 0) is 31.5 Å². The zero-order chi connectivity index (χ0) is 13.5. The van der Waals surface area contributed by atoms with E-state index >= 15 is 0 Å². The predicted molar refractivity (Wildman–Crippen MR) is 77.9 cm³/mol. The molecule has 0 spiro atoms. The molecule has 1 rings (SSSR count). The van der Waals surface area contributed by atoms with Gasteiger partial charge < -0.3 is 9.84 Å². The molecule has 1 aromatic carbocycles. The van der Waals surface area contributed by atoms with Crippen LogP contribution in [0.1, 0.15) is 19.4 Å². The minimum atomic E-state index is -0.109. The number of benzene rings is 1. The number of methoxy groups -OCH3 is 1. The number of ketones is 1. The summed E-state index contributed by atoms with van der Waals surface area (Å²) < 4.78 is 5.08. The third-order valence-corrected chi connectivity index (χ3v) is 4.70. The van der Waals surface area contributed by atoms with Crippen LogP contribution >= 0.6 is 21.6 Å². The van der Waals surface area contributed by atoms with E-state index in [2.05, 4.69) is 0 Å². The average molecular weight is 284 g/mol. The first-order valence-corrected chi connectivity index (χ1v) is 7.69. The average Bonchev–Trinajstić information content (AvgIpc) is 2.34. The summed E-state index contributed by atoms with van der Waals surface area (Å²) in [7, 11) is 4.46. The Hall–Kier alpha value is -1.07. The smallest absolute Gasteiger partial charge is 0.170 e. The first-order valence-electron chi connectivity index (χ1n) is 5.37. The number of hydrogen-bond donors (Lipinski definition) is 1. The number of carbonyl (C=O) groups is 1. The van der Waals surface area contributed by atoms with E-state index in [0.29, 0.717) is 4.91 Å². The van der Waals surface area contributed by atoms with Gasteiger partial charge in [-0.3, -0.25) is 4.79 Å². The molecule has 1 N–H and O–H groups in total. The third-order valence-electron chi connectivity index (χ3n) is 2.18. The highest BCUT2D eigenvalue weighted by molar-refractivity contribution is 8.78. The van der Waals surface area contributed by atoms with Gasteiger partial charge in [-0.1, -0.05) is 33.7 Å². The second-order valence-electron chi connectivity index (χ2n) is 3.66. The van der Waals surface area contributed by atoms with Gasteiger partial charge in [0.25, 0.3) is 0 Å². The molecule has 0 heterocycles. The van der Waals surface area contributed by atoms with Crippen LogP contribution in [0, 0.1) is 0 Å². The van der Waals surface area contributed by atoms with Gasteiger partial charge in [0.2, 0.25) is 0 Å². The zero-order valence-electron chi connectivity index (χ0n) is 10.6. The van der Waals surface area contributed by atoms with Crippen LogP contribution in [0.2, 0.25) is 0 Å². The predicted octanol–water partition coefficient (Wildman–Crippen LogP) is 3.96. The van der Waals surface area contributed by atoms with Gasteiger partial charge in [0.1, 0.15) is 11.5 Å². The number of aliphatic hydroxyl groups is 1. The molecular weight excluding hydrogens is 268 g/mol. The Morgan fingerprint density at radius 2 is 1.89 bits per heavy atom. The number of rotatable bonds is 6. The summed E-state index contributed by atoms with van der Waals surface area (Å²) in [6.45, 7) is 2.98. The molecule has 18 heavy (non-hydrogen) atoms. The van der Waals surface area contributed by atoms with Crippen molar-refractivity contribution in [3.8, 4) is 5.75 Å². The molecule has 0 amide bonds. The Morgan fingerprint density at radius 1 is 1.28 bits per heavy atom. The Bertz CT molecular complexity index is 434. The fraction of sp³-hybridized carbons (Fsp3) is 0.308. The lowest BCUT2D eigenvalue weighted by Crippen LogP contribution is -1.94. The number of allylic oxidation sites excluding steroid dienone is 2. The van der Waals surface area contributed by atoms with Gasteiger partial charge in [-0.25, -0.2) is 0 Å². The Balaban J connectivity index is 2.50. The fourth-order valence-corrected chi connectivity index (χ4v) is 3.65. The third kappa shape index (κ3) is 4.66. The quantitative estimate of drug-likeness (QED) is 0.487. The molecule has 0 aliphatic rings. The van der Waals surface area contributed by atoms with Crippen molar-refractivity contribution < 1.29 is 14.6 Å². The summed E-state index contributed by atoms with van der Waals surface area (Å²) in [5.74, 6) is 1.56. The van der Waals surface area contributed by atoms with Crippen molar-refractivity contribution in [3.63, 3.8) is 0 Å². The maximum atomic E-state index is 11.2. The summed E-state index contributed by atoms with van der Waals surface area (Å²) in [6, 6.07) is 7.77. The van der Waals surface area contributed by atoms with E-state index in [-0.39, 0.29) is 11.5 Å². The van der Waals surface area contributed by atoms with Gasteiger partial charge in [-0.2, -0.15) is 0 Å². The monoisotopic (exact) mass is 284 g/mol. The van der Waals surface area contributed by atoms with Crippen LogP contribution in [-0.2, 0) is 10.5 Å². The van der Waals surface area contributed by atoms with Crippen molar-refractivity contribution in [2.75, 3.05) is 7.11 Å². The standard InChI is InChI=1S/C13H16O3S2/c1-9(14)13(10(2)15)18-17-8-11-4-6-12(16-3)7-5-11/h4-7,14H,8H2,1-3H3/b13-9+. The molecule has 1 aromatic rings. The SMILES string of the molecule is COc1ccc(CSS/C(C(C)=O)=C(\C)O)cc1. The number of carbonyl (C=O) groups excluding carboxylic acids is 1. The highest BCUT2D eigenvalue weighted by Gasteiger charge is 2.09. The fourth-order valence-electron chi connectivity index (χ4n) is 1.25. The molecule has 0 aliphatic heterocycles. The van der Waals surface area contributed by atoms with Crippen molar-refractivity contribution in [2.24, 2.45) is 0 Å². The van der Waals surface area contributed by atoms with Crippen LogP contribution < -0.4 is 4.74 Å². The van der Waals surface area contributed by atoms with Crippen molar-refractivity contribution in [1.82, 2.24) is 0 Å². The Labute approximate surface area is 115 Å². The summed E-state index contributed by atoms with van der Waals surface area (Å²) >= 11 is 0.